The summed E-state index contributed by atoms with van der Waals surface area (Å²) in [6, 6.07) is 7.71. The summed E-state index contributed by atoms with van der Waals surface area (Å²) in [7, 11) is 1.88. The van der Waals surface area contributed by atoms with Crippen LogP contribution in [0.4, 0.5) is 5.69 Å². The molecule has 1 aliphatic carbocycles. The van der Waals surface area contributed by atoms with E-state index in [1.165, 1.54) is 0 Å². The number of rotatable bonds is 2. The summed E-state index contributed by atoms with van der Waals surface area (Å²) in [6.07, 6.45) is 4.00. The summed E-state index contributed by atoms with van der Waals surface area (Å²) in [6.45, 7) is 0. The molecule has 0 bridgehead atoms. The topological polar surface area (TPSA) is 72.3 Å². The Kier molecular flexibility index (Phi) is 3.87. The lowest BCUT2D eigenvalue weighted by atomic mass is 9.90. The molecule has 1 aliphatic rings. The number of anilines is 1. The van der Waals surface area contributed by atoms with Crippen LogP contribution in [0.3, 0.4) is 0 Å². The van der Waals surface area contributed by atoms with Crippen LogP contribution in [0.15, 0.2) is 24.3 Å². The highest BCUT2D eigenvalue weighted by molar-refractivity contribution is 5.94. The lowest BCUT2D eigenvalue weighted by molar-refractivity contribution is 0.0690. The van der Waals surface area contributed by atoms with Crippen molar-refractivity contribution < 1.29 is 4.79 Å². The molecule has 18 heavy (non-hydrogen) atoms. The number of amides is 1. The molecule has 0 heterocycles. The molecule has 0 aromatic heterocycles. The zero-order valence-corrected chi connectivity index (χ0v) is 10.8. The minimum absolute atomic E-state index is 0.0653. The third kappa shape index (κ3) is 2.82. The Morgan fingerprint density at radius 3 is 2.28 bits per heavy atom. The number of hydrogen-bond donors (Lipinski definition) is 2. The molecule has 0 aliphatic heterocycles. The Morgan fingerprint density at radius 1 is 1.17 bits per heavy atom. The smallest absolute Gasteiger partial charge is 0.253 e. The van der Waals surface area contributed by atoms with Crippen molar-refractivity contribution >= 4 is 11.6 Å². The molecule has 0 spiro atoms. The largest absolute Gasteiger partial charge is 0.399 e. The van der Waals surface area contributed by atoms with Gasteiger partial charge in [0.05, 0.1) is 0 Å². The zero-order chi connectivity index (χ0) is 13.1. The van der Waals surface area contributed by atoms with Gasteiger partial charge in [-0.25, -0.2) is 0 Å². The summed E-state index contributed by atoms with van der Waals surface area (Å²) >= 11 is 0. The zero-order valence-electron chi connectivity index (χ0n) is 10.8. The minimum atomic E-state index is 0.0653. The molecule has 4 N–H and O–H groups in total. The first-order valence-corrected chi connectivity index (χ1v) is 6.46. The van der Waals surface area contributed by atoms with Crippen LogP contribution in [0.2, 0.25) is 0 Å². The quantitative estimate of drug-likeness (QED) is 0.780. The Hall–Kier alpha value is -1.55. The fraction of sp³-hybridized carbons (Fsp3) is 0.500. The third-order valence-electron chi connectivity index (χ3n) is 3.77. The molecule has 1 saturated carbocycles. The molecular formula is C14H21N3O. The van der Waals surface area contributed by atoms with E-state index in [-0.39, 0.29) is 5.91 Å². The maximum absolute atomic E-state index is 12.3. The lowest BCUT2D eigenvalue weighted by Crippen LogP contribution is -2.41. The number of nitrogen functional groups attached to an aromatic ring is 1. The second kappa shape index (κ2) is 5.40. The molecule has 98 valence electrons. The molecule has 0 atom stereocenters. The summed E-state index contributed by atoms with van der Waals surface area (Å²) in [5, 5.41) is 0. The van der Waals surface area contributed by atoms with Crippen LogP contribution in [-0.4, -0.2) is 29.9 Å². The normalized spacial score (nSPS) is 23.7. The van der Waals surface area contributed by atoms with Gasteiger partial charge in [0.15, 0.2) is 0 Å². The van der Waals surface area contributed by atoms with Crippen molar-refractivity contribution in [3.05, 3.63) is 29.8 Å². The van der Waals surface area contributed by atoms with Crippen LogP contribution < -0.4 is 11.5 Å². The van der Waals surface area contributed by atoms with Crippen LogP contribution in [0, 0.1) is 0 Å². The predicted molar refractivity (Wildman–Crippen MR) is 73.2 cm³/mol. The molecular weight excluding hydrogens is 226 g/mol. The first-order chi connectivity index (χ1) is 8.58. The van der Waals surface area contributed by atoms with Crippen LogP contribution in [-0.2, 0) is 0 Å². The second-order valence-electron chi connectivity index (χ2n) is 5.11. The SMILES string of the molecule is CN(C(=O)c1ccc(N)cc1)C1CCC(N)CC1. The molecule has 4 heteroatoms. The number of hydrogen-bond acceptors (Lipinski definition) is 3. The van der Waals surface area contributed by atoms with Gasteiger partial charge in [-0.3, -0.25) is 4.79 Å². The van der Waals surface area contributed by atoms with Gasteiger partial charge in [0.2, 0.25) is 0 Å². The minimum Gasteiger partial charge on any atom is -0.399 e. The van der Waals surface area contributed by atoms with E-state index < -0.39 is 0 Å². The molecule has 1 aromatic carbocycles. The first kappa shape index (κ1) is 12.9. The summed E-state index contributed by atoms with van der Waals surface area (Å²) in [5.41, 5.74) is 12.9. The number of carbonyl (C=O) groups excluding carboxylic acids is 1. The van der Waals surface area contributed by atoms with Gasteiger partial charge < -0.3 is 16.4 Å². The Morgan fingerprint density at radius 2 is 1.72 bits per heavy atom. The van der Waals surface area contributed by atoms with E-state index in [1.54, 1.807) is 24.3 Å². The standard InChI is InChI=1S/C14H21N3O/c1-17(13-8-6-12(16)7-9-13)14(18)10-2-4-11(15)5-3-10/h2-5,12-13H,6-9,15-16H2,1H3. The van der Waals surface area contributed by atoms with E-state index in [0.717, 1.165) is 25.7 Å². The van der Waals surface area contributed by atoms with Gasteiger partial charge in [-0.2, -0.15) is 0 Å². The van der Waals surface area contributed by atoms with Crippen molar-refractivity contribution in [2.75, 3.05) is 12.8 Å². The third-order valence-corrected chi connectivity index (χ3v) is 3.77. The summed E-state index contributed by atoms with van der Waals surface area (Å²) in [4.78, 5) is 14.1. The summed E-state index contributed by atoms with van der Waals surface area (Å²) < 4.78 is 0. The van der Waals surface area contributed by atoms with E-state index in [2.05, 4.69) is 0 Å². The molecule has 0 saturated heterocycles. The maximum Gasteiger partial charge on any atom is 0.253 e. The Labute approximate surface area is 108 Å². The molecule has 4 nitrogen and oxygen atoms in total. The van der Waals surface area contributed by atoms with Crippen LogP contribution in [0.25, 0.3) is 0 Å². The van der Waals surface area contributed by atoms with Crippen molar-refractivity contribution in [1.29, 1.82) is 0 Å². The van der Waals surface area contributed by atoms with E-state index >= 15 is 0 Å². The highest BCUT2D eigenvalue weighted by atomic mass is 16.2. The van der Waals surface area contributed by atoms with E-state index in [9.17, 15) is 4.79 Å². The Balaban J connectivity index is 2.02. The number of benzene rings is 1. The van der Waals surface area contributed by atoms with Crippen molar-refractivity contribution in [3.63, 3.8) is 0 Å². The molecule has 2 rings (SSSR count). The van der Waals surface area contributed by atoms with Gasteiger partial charge in [0, 0.05) is 30.4 Å². The van der Waals surface area contributed by atoms with Gasteiger partial charge in [0.25, 0.3) is 5.91 Å². The average molecular weight is 247 g/mol. The van der Waals surface area contributed by atoms with Gasteiger partial charge in [-0.1, -0.05) is 0 Å². The van der Waals surface area contributed by atoms with Gasteiger partial charge in [-0.15, -0.1) is 0 Å². The summed E-state index contributed by atoms with van der Waals surface area (Å²) in [5.74, 6) is 0.0653. The monoisotopic (exact) mass is 247 g/mol. The fourth-order valence-corrected chi connectivity index (χ4v) is 2.48. The van der Waals surface area contributed by atoms with E-state index in [1.807, 2.05) is 11.9 Å². The van der Waals surface area contributed by atoms with Crippen molar-refractivity contribution in [1.82, 2.24) is 4.90 Å². The molecule has 0 unspecified atom stereocenters. The number of carbonyl (C=O) groups is 1. The van der Waals surface area contributed by atoms with Gasteiger partial charge in [0.1, 0.15) is 0 Å². The van der Waals surface area contributed by atoms with Crippen molar-refractivity contribution in [3.8, 4) is 0 Å². The van der Waals surface area contributed by atoms with Crippen LogP contribution in [0.5, 0.6) is 0 Å². The Bertz CT molecular complexity index is 408. The number of nitrogens with zero attached hydrogens (tertiary/aromatic N) is 1. The average Bonchev–Trinajstić information content (AvgIpc) is 2.39. The molecule has 1 fully saturated rings. The highest BCUT2D eigenvalue weighted by Crippen LogP contribution is 2.22. The molecule has 1 amide bonds. The predicted octanol–water partition coefficient (Wildman–Crippen LogP) is 1.61. The first-order valence-electron chi connectivity index (χ1n) is 6.46. The molecule has 1 aromatic rings. The second-order valence-corrected chi connectivity index (χ2v) is 5.11. The maximum atomic E-state index is 12.3. The van der Waals surface area contributed by atoms with Gasteiger partial charge in [-0.05, 0) is 49.9 Å². The number of nitrogens with two attached hydrogens (primary N) is 2. The van der Waals surface area contributed by atoms with Gasteiger partial charge >= 0.3 is 0 Å². The van der Waals surface area contributed by atoms with Crippen LogP contribution >= 0.6 is 0 Å². The molecule has 0 radical (unpaired) electrons. The van der Waals surface area contributed by atoms with E-state index in [0.29, 0.717) is 23.3 Å². The van der Waals surface area contributed by atoms with Crippen molar-refractivity contribution in [2.45, 2.75) is 37.8 Å². The van der Waals surface area contributed by atoms with Crippen molar-refractivity contribution in [2.24, 2.45) is 5.73 Å². The van der Waals surface area contributed by atoms with Crippen LogP contribution in [0.1, 0.15) is 36.0 Å². The fourth-order valence-electron chi connectivity index (χ4n) is 2.48. The van der Waals surface area contributed by atoms with E-state index in [4.69, 9.17) is 11.5 Å². The highest BCUT2D eigenvalue weighted by Gasteiger charge is 2.25. The lowest BCUT2D eigenvalue weighted by Gasteiger charge is -2.33.